The van der Waals surface area contributed by atoms with E-state index in [9.17, 15) is 9.59 Å². The first kappa shape index (κ1) is 18.8. The Kier molecular flexibility index (Phi) is 4.39. The number of benzene rings is 2. The van der Waals surface area contributed by atoms with Crippen LogP contribution < -0.4 is 20.3 Å². The van der Waals surface area contributed by atoms with E-state index in [1.165, 1.54) is 0 Å². The molecule has 8 heteroatoms. The van der Waals surface area contributed by atoms with Crippen LogP contribution in [0.1, 0.15) is 21.7 Å². The quantitative estimate of drug-likeness (QED) is 0.552. The van der Waals surface area contributed by atoms with Gasteiger partial charge in [-0.2, -0.15) is 0 Å². The first-order chi connectivity index (χ1) is 15.0. The zero-order chi connectivity index (χ0) is 21.5. The third kappa shape index (κ3) is 3.28. The fourth-order valence-electron chi connectivity index (χ4n) is 3.59. The smallest absolute Gasteiger partial charge is 0.267 e. The molecule has 5 rings (SSSR count). The number of ether oxygens (including phenoxy) is 2. The van der Waals surface area contributed by atoms with Crippen LogP contribution >= 0.6 is 0 Å². The van der Waals surface area contributed by atoms with Crippen LogP contribution in [0.2, 0.25) is 0 Å². The summed E-state index contributed by atoms with van der Waals surface area (Å²) in [4.78, 5) is 34.3. The molecule has 0 unspecified atom stereocenters. The molecule has 0 saturated carbocycles. The SMILES string of the molecule is Cc1cc(-n2c(C)nc3ncccc3c2=O)ccc1NC(=O)c1ccc2c(c1)OCO2. The second-order valence-electron chi connectivity index (χ2n) is 7.20. The highest BCUT2D eigenvalue weighted by atomic mass is 16.7. The van der Waals surface area contributed by atoms with Crippen LogP contribution in [0.3, 0.4) is 0 Å². The predicted molar refractivity (Wildman–Crippen MR) is 115 cm³/mol. The summed E-state index contributed by atoms with van der Waals surface area (Å²) in [6.45, 7) is 3.79. The van der Waals surface area contributed by atoms with E-state index in [0.717, 1.165) is 5.56 Å². The minimum atomic E-state index is -0.263. The van der Waals surface area contributed by atoms with Gasteiger partial charge in [0.25, 0.3) is 11.5 Å². The molecule has 0 atom stereocenters. The zero-order valence-electron chi connectivity index (χ0n) is 16.9. The molecule has 0 saturated heterocycles. The van der Waals surface area contributed by atoms with Gasteiger partial charge in [0.1, 0.15) is 5.82 Å². The molecule has 1 aliphatic heterocycles. The first-order valence-corrected chi connectivity index (χ1v) is 9.68. The van der Waals surface area contributed by atoms with Gasteiger partial charge in [0, 0.05) is 17.4 Å². The van der Waals surface area contributed by atoms with Crippen molar-refractivity contribution in [3.63, 3.8) is 0 Å². The first-order valence-electron chi connectivity index (χ1n) is 9.68. The number of hydrogen-bond donors (Lipinski definition) is 1. The van der Waals surface area contributed by atoms with Crippen molar-refractivity contribution < 1.29 is 14.3 Å². The van der Waals surface area contributed by atoms with Gasteiger partial charge < -0.3 is 14.8 Å². The average Bonchev–Trinajstić information content (AvgIpc) is 3.23. The molecule has 0 fully saturated rings. The maximum atomic E-state index is 13.0. The molecular formula is C23H18N4O4. The second kappa shape index (κ2) is 7.24. The Hall–Kier alpha value is -4.20. The Morgan fingerprint density at radius 3 is 2.74 bits per heavy atom. The van der Waals surface area contributed by atoms with Crippen molar-refractivity contribution >= 4 is 22.6 Å². The molecule has 3 heterocycles. The van der Waals surface area contributed by atoms with Crippen molar-refractivity contribution in [2.75, 3.05) is 12.1 Å². The fraction of sp³-hybridized carbons (Fsp3) is 0.130. The molecule has 0 bridgehead atoms. The van der Waals surface area contributed by atoms with Crippen LogP contribution in [-0.2, 0) is 0 Å². The Labute approximate surface area is 177 Å². The highest BCUT2D eigenvalue weighted by Crippen LogP contribution is 2.32. The van der Waals surface area contributed by atoms with E-state index in [4.69, 9.17) is 9.47 Å². The summed E-state index contributed by atoms with van der Waals surface area (Å²) in [6.07, 6.45) is 1.61. The zero-order valence-corrected chi connectivity index (χ0v) is 16.9. The Balaban J connectivity index is 1.46. The van der Waals surface area contributed by atoms with Gasteiger partial charge in [0.2, 0.25) is 6.79 Å². The van der Waals surface area contributed by atoms with Crippen LogP contribution in [0.5, 0.6) is 11.5 Å². The van der Waals surface area contributed by atoms with Crippen LogP contribution in [0.4, 0.5) is 5.69 Å². The monoisotopic (exact) mass is 414 g/mol. The van der Waals surface area contributed by atoms with E-state index in [-0.39, 0.29) is 18.3 Å². The van der Waals surface area contributed by atoms with Gasteiger partial charge in [-0.25, -0.2) is 9.97 Å². The third-order valence-electron chi connectivity index (χ3n) is 5.16. The number of pyridine rings is 1. The number of carbonyl (C=O) groups is 1. The Bertz CT molecular complexity index is 1410. The lowest BCUT2D eigenvalue weighted by atomic mass is 10.1. The summed E-state index contributed by atoms with van der Waals surface area (Å²) in [5.41, 5.74) is 2.82. The molecule has 0 aliphatic carbocycles. The van der Waals surface area contributed by atoms with Crippen molar-refractivity contribution in [1.29, 1.82) is 0 Å². The van der Waals surface area contributed by atoms with E-state index in [1.54, 1.807) is 60.2 Å². The molecule has 154 valence electrons. The van der Waals surface area contributed by atoms with E-state index < -0.39 is 0 Å². The summed E-state index contributed by atoms with van der Waals surface area (Å²) >= 11 is 0. The molecule has 0 spiro atoms. The molecule has 0 radical (unpaired) electrons. The highest BCUT2D eigenvalue weighted by molar-refractivity contribution is 6.05. The normalized spacial score (nSPS) is 12.2. The maximum Gasteiger partial charge on any atom is 0.267 e. The number of aryl methyl sites for hydroxylation is 2. The van der Waals surface area contributed by atoms with Gasteiger partial charge in [-0.1, -0.05) is 0 Å². The summed E-state index contributed by atoms with van der Waals surface area (Å²) in [7, 11) is 0. The fourth-order valence-corrected chi connectivity index (χ4v) is 3.59. The number of fused-ring (bicyclic) bond motifs is 2. The molecule has 1 aliphatic rings. The van der Waals surface area contributed by atoms with E-state index in [1.807, 2.05) is 13.0 Å². The number of rotatable bonds is 3. The van der Waals surface area contributed by atoms with Crippen molar-refractivity contribution in [2.45, 2.75) is 13.8 Å². The van der Waals surface area contributed by atoms with Gasteiger partial charge >= 0.3 is 0 Å². The number of amides is 1. The minimum absolute atomic E-state index is 0.152. The summed E-state index contributed by atoms with van der Waals surface area (Å²) in [5, 5.41) is 3.36. The lowest BCUT2D eigenvalue weighted by molar-refractivity contribution is 0.102. The lowest BCUT2D eigenvalue weighted by Gasteiger charge is -2.14. The third-order valence-corrected chi connectivity index (χ3v) is 5.16. The standard InChI is InChI=1S/C23H18N4O4/c1-13-10-16(27-14(2)25-21-17(23(27)29)4-3-9-24-21)6-7-18(13)26-22(28)15-5-8-19-20(11-15)31-12-30-19/h3-11H,12H2,1-2H3,(H,26,28). The summed E-state index contributed by atoms with van der Waals surface area (Å²) in [5.74, 6) is 1.44. The maximum absolute atomic E-state index is 13.0. The van der Waals surface area contributed by atoms with Gasteiger partial charge in [-0.05, 0) is 67.9 Å². The molecule has 4 aromatic rings. The van der Waals surface area contributed by atoms with Gasteiger partial charge in [0.15, 0.2) is 17.1 Å². The van der Waals surface area contributed by atoms with Crippen LogP contribution in [0.25, 0.3) is 16.7 Å². The van der Waals surface area contributed by atoms with Crippen LogP contribution in [0, 0.1) is 13.8 Å². The molecule has 2 aromatic carbocycles. The number of nitrogens with one attached hydrogen (secondary N) is 1. The van der Waals surface area contributed by atoms with Crippen LogP contribution in [0.15, 0.2) is 59.5 Å². The van der Waals surface area contributed by atoms with Crippen molar-refractivity contribution in [2.24, 2.45) is 0 Å². The molecule has 2 aromatic heterocycles. The van der Waals surface area contributed by atoms with Crippen LogP contribution in [-0.4, -0.2) is 27.2 Å². The van der Waals surface area contributed by atoms with E-state index in [2.05, 4.69) is 15.3 Å². The van der Waals surface area contributed by atoms with E-state index >= 15 is 0 Å². The second-order valence-corrected chi connectivity index (χ2v) is 7.20. The highest BCUT2D eigenvalue weighted by Gasteiger charge is 2.17. The summed E-state index contributed by atoms with van der Waals surface area (Å²) in [6, 6.07) is 13.9. The largest absolute Gasteiger partial charge is 0.454 e. The van der Waals surface area contributed by atoms with Crippen molar-refractivity contribution in [3.8, 4) is 17.2 Å². The molecule has 8 nitrogen and oxygen atoms in total. The number of nitrogens with zero attached hydrogens (tertiary/aromatic N) is 3. The predicted octanol–water partition coefficient (Wildman–Crippen LogP) is 3.38. The van der Waals surface area contributed by atoms with Crippen molar-refractivity contribution in [1.82, 2.24) is 14.5 Å². The average molecular weight is 414 g/mol. The Morgan fingerprint density at radius 2 is 1.90 bits per heavy atom. The topological polar surface area (TPSA) is 95.3 Å². The molecular weight excluding hydrogens is 396 g/mol. The molecule has 1 amide bonds. The number of carbonyl (C=O) groups excluding carboxylic acids is 1. The number of anilines is 1. The molecule has 31 heavy (non-hydrogen) atoms. The van der Waals surface area contributed by atoms with Gasteiger partial charge in [-0.15, -0.1) is 0 Å². The van der Waals surface area contributed by atoms with E-state index in [0.29, 0.717) is 45.3 Å². The lowest BCUT2D eigenvalue weighted by Crippen LogP contribution is -2.23. The minimum Gasteiger partial charge on any atom is -0.454 e. The number of hydrogen-bond acceptors (Lipinski definition) is 6. The summed E-state index contributed by atoms with van der Waals surface area (Å²) < 4.78 is 12.2. The number of aromatic nitrogens is 3. The Morgan fingerprint density at radius 1 is 1.06 bits per heavy atom. The van der Waals surface area contributed by atoms with Gasteiger partial charge in [0.05, 0.1) is 11.1 Å². The molecule has 1 N–H and O–H groups in total. The van der Waals surface area contributed by atoms with Crippen molar-refractivity contribution in [3.05, 3.63) is 82.0 Å². The van der Waals surface area contributed by atoms with Gasteiger partial charge in [-0.3, -0.25) is 14.2 Å².